The molecule has 0 bridgehead atoms. The van der Waals surface area contributed by atoms with Crippen LogP contribution in [-0.4, -0.2) is 12.8 Å². The minimum absolute atomic E-state index is 0.0801. The van der Waals surface area contributed by atoms with Gasteiger partial charge in [-0.2, -0.15) is 5.26 Å². The van der Waals surface area contributed by atoms with Crippen molar-refractivity contribution in [1.29, 1.82) is 5.26 Å². The van der Waals surface area contributed by atoms with Crippen LogP contribution in [0.4, 0.5) is 10.5 Å². The molecule has 0 spiro atoms. The van der Waals surface area contributed by atoms with E-state index in [1.807, 2.05) is 37.4 Å². The molecule has 0 saturated carbocycles. The fourth-order valence-electron chi connectivity index (χ4n) is 1.82. The summed E-state index contributed by atoms with van der Waals surface area (Å²) in [5.41, 5.74) is 2.99. The van der Waals surface area contributed by atoms with Gasteiger partial charge in [0.05, 0.1) is 0 Å². The molecule has 0 heterocycles. The highest BCUT2D eigenvalue weighted by molar-refractivity contribution is 8.03. The summed E-state index contributed by atoms with van der Waals surface area (Å²) in [5.74, 6) is 0.714. The average molecular weight is 327 g/mol. The number of benzene rings is 2. The van der Waals surface area contributed by atoms with Gasteiger partial charge in [-0.25, -0.2) is 4.79 Å². The van der Waals surface area contributed by atoms with Crippen LogP contribution in [0.5, 0.6) is 5.75 Å². The highest BCUT2D eigenvalue weighted by Gasteiger charge is 2.02. The summed E-state index contributed by atoms with van der Waals surface area (Å²) in [6.45, 7) is 4.12. The number of thioether (sulfide) groups is 1. The Labute approximate surface area is 139 Å². The van der Waals surface area contributed by atoms with Gasteiger partial charge in [0.25, 0.3) is 0 Å². The number of hydrogen-bond donors (Lipinski definition) is 2. The topological polar surface area (TPSA) is 74.2 Å². The molecule has 0 unspecified atom stereocenters. The van der Waals surface area contributed by atoms with Gasteiger partial charge in [0, 0.05) is 10.6 Å². The van der Waals surface area contributed by atoms with E-state index < -0.39 is 0 Å². The van der Waals surface area contributed by atoms with Crippen LogP contribution in [-0.2, 0) is 0 Å². The molecule has 0 atom stereocenters. The number of ether oxygens (including phenoxy) is 1. The summed E-state index contributed by atoms with van der Waals surface area (Å²) in [6, 6.07) is 12.4. The van der Waals surface area contributed by atoms with Crippen molar-refractivity contribution in [2.24, 2.45) is 0 Å². The third-order valence-corrected chi connectivity index (χ3v) is 3.82. The molecule has 0 radical (unpaired) electrons. The third kappa shape index (κ3) is 5.24. The maximum absolute atomic E-state index is 11.8. The van der Waals surface area contributed by atoms with E-state index in [9.17, 15) is 4.79 Å². The van der Waals surface area contributed by atoms with Crippen LogP contribution in [0.15, 0.2) is 47.4 Å². The van der Waals surface area contributed by atoms with Crippen LogP contribution in [0, 0.1) is 24.5 Å². The first-order valence-corrected chi connectivity index (χ1v) is 7.81. The standard InChI is InChI=1S/C17H17N3O2S/c1-12-3-6-15(9-13(12)2)22-11-19-17(21)20-14-4-7-16(8-5-14)23-10-18/h3-9H,11H2,1-2H3,(H2,19,20,21). The molecule has 2 aromatic rings. The van der Waals surface area contributed by atoms with E-state index in [1.54, 1.807) is 24.3 Å². The Kier molecular flexibility index (Phi) is 5.89. The van der Waals surface area contributed by atoms with Crippen molar-refractivity contribution in [1.82, 2.24) is 5.32 Å². The van der Waals surface area contributed by atoms with Crippen LogP contribution >= 0.6 is 11.8 Å². The van der Waals surface area contributed by atoms with E-state index >= 15 is 0 Å². The van der Waals surface area contributed by atoms with Gasteiger partial charge in [0.15, 0.2) is 6.73 Å². The van der Waals surface area contributed by atoms with Crippen LogP contribution in [0.3, 0.4) is 0 Å². The average Bonchev–Trinajstić information content (AvgIpc) is 2.53. The van der Waals surface area contributed by atoms with Crippen LogP contribution in [0.1, 0.15) is 11.1 Å². The second-order valence-corrected chi connectivity index (χ2v) is 5.74. The summed E-state index contributed by atoms with van der Waals surface area (Å²) in [4.78, 5) is 12.6. The number of nitrogens with one attached hydrogen (secondary N) is 2. The number of thiocyanates is 1. The molecule has 0 aliphatic heterocycles. The van der Waals surface area contributed by atoms with Gasteiger partial charge in [-0.3, -0.25) is 0 Å². The van der Waals surface area contributed by atoms with Gasteiger partial charge < -0.3 is 15.4 Å². The van der Waals surface area contributed by atoms with E-state index in [1.165, 1.54) is 5.56 Å². The Morgan fingerprint density at radius 2 is 1.91 bits per heavy atom. The SMILES string of the molecule is Cc1ccc(OCNC(=O)Nc2ccc(SC#N)cc2)cc1C. The molecule has 0 fully saturated rings. The fraction of sp³-hybridized carbons (Fsp3) is 0.176. The molecule has 2 aromatic carbocycles. The fourth-order valence-corrected chi connectivity index (χ4v) is 2.20. The molecule has 2 amide bonds. The summed E-state index contributed by atoms with van der Waals surface area (Å²) in [6.07, 6.45) is 0. The molecule has 0 saturated heterocycles. The Bertz CT molecular complexity index is 724. The number of hydrogen-bond acceptors (Lipinski definition) is 4. The van der Waals surface area contributed by atoms with Gasteiger partial charge in [0.2, 0.25) is 0 Å². The molecular weight excluding hydrogens is 310 g/mol. The smallest absolute Gasteiger partial charge is 0.321 e. The Morgan fingerprint density at radius 3 is 2.57 bits per heavy atom. The Balaban J connectivity index is 1.78. The van der Waals surface area contributed by atoms with E-state index in [2.05, 4.69) is 10.6 Å². The second-order valence-electron chi connectivity index (χ2n) is 4.88. The molecule has 0 aliphatic rings. The third-order valence-electron chi connectivity index (χ3n) is 3.23. The van der Waals surface area contributed by atoms with Crippen molar-refractivity contribution in [3.05, 3.63) is 53.6 Å². The number of amides is 2. The molecule has 0 aromatic heterocycles. The van der Waals surface area contributed by atoms with Crippen molar-refractivity contribution in [2.75, 3.05) is 12.0 Å². The molecule has 5 nitrogen and oxygen atoms in total. The van der Waals surface area contributed by atoms with Crippen molar-refractivity contribution in [3.63, 3.8) is 0 Å². The van der Waals surface area contributed by atoms with E-state index in [0.717, 1.165) is 22.2 Å². The van der Waals surface area contributed by atoms with E-state index in [-0.39, 0.29) is 12.8 Å². The van der Waals surface area contributed by atoms with Crippen molar-refractivity contribution in [2.45, 2.75) is 18.7 Å². The number of urea groups is 1. The Morgan fingerprint density at radius 1 is 1.17 bits per heavy atom. The van der Waals surface area contributed by atoms with Gasteiger partial charge >= 0.3 is 6.03 Å². The maximum atomic E-state index is 11.8. The minimum atomic E-state index is -0.352. The number of carbonyl (C=O) groups excluding carboxylic acids is 1. The number of aryl methyl sites for hydroxylation is 2. The molecule has 0 aliphatic carbocycles. The summed E-state index contributed by atoms with van der Waals surface area (Å²) in [7, 11) is 0. The van der Waals surface area contributed by atoms with Crippen LogP contribution in [0.25, 0.3) is 0 Å². The maximum Gasteiger partial charge on any atom is 0.321 e. The van der Waals surface area contributed by atoms with E-state index in [4.69, 9.17) is 10.00 Å². The number of nitrogens with zero attached hydrogens (tertiary/aromatic N) is 1. The lowest BCUT2D eigenvalue weighted by Crippen LogP contribution is -2.32. The minimum Gasteiger partial charge on any atom is -0.473 e. The summed E-state index contributed by atoms with van der Waals surface area (Å²) >= 11 is 1.07. The first-order valence-electron chi connectivity index (χ1n) is 6.99. The first-order chi connectivity index (χ1) is 11.1. The van der Waals surface area contributed by atoms with Gasteiger partial charge in [-0.1, -0.05) is 6.07 Å². The number of rotatable bonds is 5. The zero-order valence-corrected chi connectivity index (χ0v) is 13.7. The largest absolute Gasteiger partial charge is 0.473 e. The highest BCUT2D eigenvalue weighted by atomic mass is 32.2. The first kappa shape index (κ1) is 16.7. The van der Waals surface area contributed by atoms with Crippen molar-refractivity contribution in [3.8, 4) is 11.2 Å². The summed E-state index contributed by atoms with van der Waals surface area (Å²) in [5, 5.41) is 15.9. The molecule has 2 N–H and O–H groups in total. The normalized spacial score (nSPS) is 9.78. The zero-order chi connectivity index (χ0) is 16.7. The van der Waals surface area contributed by atoms with Gasteiger partial charge in [0.1, 0.15) is 11.2 Å². The molecule has 2 rings (SSSR count). The van der Waals surface area contributed by atoms with Crippen molar-refractivity contribution < 1.29 is 9.53 Å². The number of anilines is 1. The zero-order valence-electron chi connectivity index (χ0n) is 12.9. The monoisotopic (exact) mass is 327 g/mol. The Hall–Kier alpha value is -2.65. The van der Waals surface area contributed by atoms with Crippen LogP contribution < -0.4 is 15.4 Å². The lowest BCUT2D eigenvalue weighted by Gasteiger charge is -2.10. The lowest BCUT2D eigenvalue weighted by molar-refractivity contribution is 0.234. The quantitative estimate of drug-likeness (QED) is 0.494. The number of nitriles is 1. The van der Waals surface area contributed by atoms with Gasteiger partial charge in [-0.05, 0) is 73.1 Å². The van der Waals surface area contributed by atoms with Crippen molar-refractivity contribution >= 4 is 23.5 Å². The second kappa shape index (κ2) is 8.11. The molecule has 23 heavy (non-hydrogen) atoms. The highest BCUT2D eigenvalue weighted by Crippen LogP contribution is 2.19. The van der Waals surface area contributed by atoms with Crippen LogP contribution in [0.2, 0.25) is 0 Å². The molecule has 6 heteroatoms. The van der Waals surface area contributed by atoms with Gasteiger partial charge in [-0.15, -0.1) is 0 Å². The molecule has 118 valence electrons. The van der Waals surface area contributed by atoms with E-state index in [0.29, 0.717) is 11.4 Å². The summed E-state index contributed by atoms with van der Waals surface area (Å²) < 4.78 is 5.49. The number of carbonyl (C=O) groups is 1. The predicted molar refractivity (Wildman–Crippen MR) is 91.5 cm³/mol. The lowest BCUT2D eigenvalue weighted by atomic mass is 10.1. The molecular formula is C17H17N3O2S. The predicted octanol–water partition coefficient (Wildman–Crippen LogP) is 4.03.